The molecule has 0 spiro atoms. The van der Waals surface area contributed by atoms with Crippen molar-refractivity contribution in [2.45, 2.75) is 12.5 Å². The van der Waals surface area contributed by atoms with Crippen LogP contribution in [0, 0.1) is 0 Å². The minimum atomic E-state index is -0.620. The monoisotopic (exact) mass is 209 g/mol. The minimum Gasteiger partial charge on any atom is -0.466 e. The summed E-state index contributed by atoms with van der Waals surface area (Å²) < 4.78 is 6.24. The van der Waals surface area contributed by atoms with Crippen molar-refractivity contribution in [3.8, 4) is 0 Å². The third-order valence-corrected chi connectivity index (χ3v) is 2.17. The van der Waals surface area contributed by atoms with Crippen LogP contribution >= 0.6 is 0 Å². The van der Waals surface area contributed by atoms with Crippen LogP contribution < -0.4 is 0 Å². The maximum absolute atomic E-state index is 11.2. The van der Waals surface area contributed by atoms with Gasteiger partial charge in [-0.05, 0) is 0 Å². The Morgan fingerprint density at radius 1 is 1.73 bits per heavy atom. The maximum Gasteiger partial charge on any atom is 0.350 e. The van der Waals surface area contributed by atoms with Gasteiger partial charge in [-0.25, -0.2) is 4.79 Å². The fourth-order valence-corrected chi connectivity index (χ4v) is 1.38. The zero-order valence-corrected chi connectivity index (χ0v) is 8.51. The molecular formula is C9H11N3O3. The molecule has 0 aromatic carbocycles. The normalized spacial score (nSPS) is 19.6. The first-order valence-electron chi connectivity index (χ1n) is 4.50. The number of hydrogen-bond donors (Lipinski definition) is 0. The van der Waals surface area contributed by atoms with E-state index >= 15 is 0 Å². The van der Waals surface area contributed by atoms with Crippen LogP contribution in [-0.4, -0.2) is 34.7 Å². The van der Waals surface area contributed by atoms with E-state index in [1.807, 2.05) is 13.2 Å². The van der Waals surface area contributed by atoms with Gasteiger partial charge in [-0.15, -0.1) is 0 Å². The molecule has 80 valence electrons. The molecule has 0 fully saturated rings. The van der Waals surface area contributed by atoms with E-state index in [9.17, 15) is 4.79 Å². The molecule has 0 amide bonds. The molecule has 1 aliphatic rings. The van der Waals surface area contributed by atoms with E-state index in [2.05, 4.69) is 15.0 Å². The van der Waals surface area contributed by atoms with Crippen molar-refractivity contribution < 1.29 is 14.4 Å². The first-order valence-corrected chi connectivity index (χ1v) is 4.50. The van der Waals surface area contributed by atoms with E-state index in [0.717, 1.165) is 11.3 Å². The fraction of sp³-hybridized carbons (Fsp3) is 0.444. The summed E-state index contributed by atoms with van der Waals surface area (Å²) in [6, 6.07) is 0. The van der Waals surface area contributed by atoms with Gasteiger partial charge in [-0.2, -0.15) is 5.10 Å². The van der Waals surface area contributed by atoms with Gasteiger partial charge in [0.1, 0.15) is 0 Å². The lowest BCUT2D eigenvalue weighted by atomic mass is 10.1. The van der Waals surface area contributed by atoms with Crippen molar-refractivity contribution in [2.24, 2.45) is 12.2 Å². The van der Waals surface area contributed by atoms with E-state index in [1.165, 1.54) is 7.11 Å². The molecule has 0 saturated carbocycles. The third-order valence-electron chi connectivity index (χ3n) is 2.17. The van der Waals surface area contributed by atoms with Crippen molar-refractivity contribution in [1.82, 2.24) is 9.78 Å². The highest BCUT2D eigenvalue weighted by Crippen LogP contribution is 2.16. The second-order valence-electron chi connectivity index (χ2n) is 3.26. The Kier molecular flexibility index (Phi) is 2.40. The van der Waals surface area contributed by atoms with Gasteiger partial charge in [0.25, 0.3) is 0 Å². The molecule has 6 nitrogen and oxygen atoms in total. The van der Waals surface area contributed by atoms with Gasteiger partial charge in [0.05, 0.1) is 19.0 Å². The van der Waals surface area contributed by atoms with E-state index in [0.29, 0.717) is 6.42 Å². The van der Waals surface area contributed by atoms with Crippen molar-refractivity contribution in [3.63, 3.8) is 0 Å². The molecular weight excluding hydrogens is 198 g/mol. The van der Waals surface area contributed by atoms with Crippen molar-refractivity contribution in [3.05, 3.63) is 18.0 Å². The summed E-state index contributed by atoms with van der Waals surface area (Å²) in [6.45, 7) is 0. The summed E-state index contributed by atoms with van der Waals surface area (Å²) in [5.41, 5.74) is 1.59. The zero-order valence-electron chi connectivity index (χ0n) is 8.51. The number of ether oxygens (including phenoxy) is 1. The third kappa shape index (κ3) is 1.83. The smallest absolute Gasteiger partial charge is 0.350 e. The lowest BCUT2D eigenvalue weighted by Crippen LogP contribution is -2.22. The highest BCUT2D eigenvalue weighted by atomic mass is 16.7. The predicted molar refractivity (Wildman–Crippen MR) is 51.3 cm³/mol. The van der Waals surface area contributed by atoms with Crippen LogP contribution in [0.3, 0.4) is 0 Å². The molecule has 15 heavy (non-hydrogen) atoms. The topological polar surface area (TPSA) is 65.7 Å². The Labute approximate surface area is 86.5 Å². The van der Waals surface area contributed by atoms with Crippen LogP contribution in [0.15, 0.2) is 17.5 Å². The first-order chi connectivity index (χ1) is 7.20. The van der Waals surface area contributed by atoms with E-state index in [-0.39, 0.29) is 0 Å². The molecule has 6 heteroatoms. The number of hydrogen-bond acceptors (Lipinski definition) is 5. The van der Waals surface area contributed by atoms with Crippen LogP contribution in [0.4, 0.5) is 0 Å². The highest BCUT2D eigenvalue weighted by molar-refractivity contribution is 6.03. The van der Waals surface area contributed by atoms with Gasteiger partial charge in [0, 0.05) is 25.2 Å². The summed E-state index contributed by atoms with van der Waals surface area (Å²) >= 11 is 0. The standard InChI is InChI=1S/C9H11N3O3/c1-12-5-6(4-10-12)7-3-8(15-11-7)9(13)14-2/h4-5,8H,3H2,1-2H3. The molecule has 0 radical (unpaired) electrons. The number of carbonyl (C=O) groups excluding carboxylic acids is 1. The molecule has 0 saturated heterocycles. The van der Waals surface area contributed by atoms with Crippen molar-refractivity contribution in [2.75, 3.05) is 7.11 Å². The van der Waals surface area contributed by atoms with Crippen LogP contribution in [0.2, 0.25) is 0 Å². The molecule has 1 unspecified atom stereocenters. The Hall–Kier alpha value is -1.85. The minimum absolute atomic E-state index is 0.405. The summed E-state index contributed by atoms with van der Waals surface area (Å²) in [5.74, 6) is -0.405. The number of carbonyl (C=O) groups is 1. The first kappa shape index (κ1) is 9.70. The fourth-order valence-electron chi connectivity index (χ4n) is 1.38. The number of aromatic nitrogens is 2. The van der Waals surface area contributed by atoms with Gasteiger partial charge in [-0.1, -0.05) is 5.16 Å². The molecule has 2 heterocycles. The van der Waals surface area contributed by atoms with Crippen LogP contribution in [-0.2, 0) is 21.4 Å². The summed E-state index contributed by atoms with van der Waals surface area (Å²) in [6.07, 6.45) is 3.31. The average molecular weight is 209 g/mol. The van der Waals surface area contributed by atoms with E-state index in [1.54, 1.807) is 10.9 Å². The Morgan fingerprint density at radius 2 is 2.53 bits per heavy atom. The zero-order chi connectivity index (χ0) is 10.8. The van der Waals surface area contributed by atoms with Crippen LogP contribution in [0.25, 0.3) is 0 Å². The highest BCUT2D eigenvalue weighted by Gasteiger charge is 2.29. The quantitative estimate of drug-likeness (QED) is 0.647. The molecule has 2 rings (SSSR count). The molecule has 1 aromatic heterocycles. The van der Waals surface area contributed by atoms with Gasteiger partial charge in [0.15, 0.2) is 0 Å². The predicted octanol–water partition coefficient (Wildman–Crippen LogP) is 0.0861. The van der Waals surface area contributed by atoms with Gasteiger partial charge >= 0.3 is 5.97 Å². The Bertz CT molecular complexity index is 410. The Balaban J connectivity index is 2.06. The number of oxime groups is 1. The number of nitrogens with zero attached hydrogens (tertiary/aromatic N) is 3. The van der Waals surface area contributed by atoms with Crippen LogP contribution in [0.1, 0.15) is 12.0 Å². The van der Waals surface area contributed by atoms with Crippen molar-refractivity contribution in [1.29, 1.82) is 0 Å². The lowest BCUT2D eigenvalue weighted by molar-refractivity contribution is -0.152. The van der Waals surface area contributed by atoms with Crippen LogP contribution in [0.5, 0.6) is 0 Å². The maximum atomic E-state index is 11.2. The molecule has 1 atom stereocenters. The SMILES string of the molecule is COC(=O)C1CC(c2cnn(C)c2)=NO1. The molecule has 0 aliphatic carbocycles. The van der Waals surface area contributed by atoms with Gasteiger partial charge < -0.3 is 9.57 Å². The molecule has 0 N–H and O–H groups in total. The number of esters is 1. The summed E-state index contributed by atoms with van der Waals surface area (Å²) in [7, 11) is 3.14. The number of methoxy groups -OCH3 is 1. The second kappa shape index (κ2) is 3.72. The van der Waals surface area contributed by atoms with Crippen molar-refractivity contribution >= 4 is 11.7 Å². The molecule has 1 aliphatic heterocycles. The van der Waals surface area contributed by atoms with E-state index < -0.39 is 12.1 Å². The number of aryl methyl sites for hydroxylation is 1. The lowest BCUT2D eigenvalue weighted by Gasteiger charge is -2.03. The molecule has 1 aromatic rings. The largest absolute Gasteiger partial charge is 0.466 e. The average Bonchev–Trinajstić information content (AvgIpc) is 2.84. The van der Waals surface area contributed by atoms with E-state index in [4.69, 9.17) is 4.84 Å². The number of rotatable bonds is 2. The van der Waals surface area contributed by atoms with Gasteiger partial charge in [-0.3, -0.25) is 4.68 Å². The van der Waals surface area contributed by atoms with Gasteiger partial charge in [0.2, 0.25) is 6.10 Å². The summed E-state index contributed by atoms with van der Waals surface area (Å²) in [4.78, 5) is 16.1. The second-order valence-corrected chi connectivity index (χ2v) is 3.26. The Morgan fingerprint density at radius 3 is 3.13 bits per heavy atom. The molecule has 0 bridgehead atoms. The summed E-state index contributed by atoms with van der Waals surface area (Å²) in [5, 5.41) is 7.85.